The van der Waals surface area contributed by atoms with Gasteiger partial charge in [0.05, 0.1) is 6.61 Å². The molecule has 0 bridgehead atoms. The maximum Gasteiger partial charge on any atom is 0.206 e. The fourth-order valence-electron chi connectivity index (χ4n) is 1.04. The van der Waals surface area contributed by atoms with Crippen molar-refractivity contribution in [1.82, 2.24) is 0 Å². The van der Waals surface area contributed by atoms with Crippen LogP contribution in [-0.2, 0) is 0 Å². The van der Waals surface area contributed by atoms with Gasteiger partial charge < -0.3 is 10.5 Å². The van der Waals surface area contributed by atoms with Gasteiger partial charge in [0, 0.05) is 12.0 Å². The normalized spacial score (nSPS) is 11.8. The molecule has 0 saturated heterocycles. The largest absolute Gasteiger partial charge is 0.487 e. The zero-order chi connectivity index (χ0) is 14.1. The number of rotatable bonds is 4. The molecule has 0 aliphatic carbocycles. The molecular formula is C11H12F5NO. The van der Waals surface area contributed by atoms with Gasteiger partial charge in [0.1, 0.15) is 0 Å². The van der Waals surface area contributed by atoms with E-state index in [0.717, 1.165) is 0 Å². The first-order chi connectivity index (χ1) is 8.21. The number of hydrogen-bond acceptors (Lipinski definition) is 2. The molecule has 0 fully saturated rings. The molecule has 0 unspecified atom stereocenters. The van der Waals surface area contributed by atoms with Gasteiger partial charge in [-0.15, -0.1) is 0 Å². The highest BCUT2D eigenvalue weighted by molar-refractivity contribution is 5.29. The topological polar surface area (TPSA) is 35.2 Å². The monoisotopic (exact) mass is 269 g/mol. The first kappa shape index (κ1) is 14.7. The van der Waals surface area contributed by atoms with Crippen molar-refractivity contribution in [2.75, 3.05) is 13.2 Å². The summed E-state index contributed by atoms with van der Waals surface area (Å²) in [6.45, 7) is 3.10. The highest BCUT2D eigenvalue weighted by Gasteiger charge is 2.28. The van der Waals surface area contributed by atoms with Crippen molar-refractivity contribution in [2.24, 2.45) is 11.1 Å². The zero-order valence-corrected chi connectivity index (χ0v) is 9.79. The highest BCUT2D eigenvalue weighted by atomic mass is 19.2. The molecule has 0 amide bonds. The van der Waals surface area contributed by atoms with Crippen LogP contribution in [0.5, 0.6) is 5.75 Å². The minimum absolute atomic E-state index is 0.127. The molecule has 1 aromatic rings. The molecule has 0 radical (unpaired) electrons. The smallest absolute Gasteiger partial charge is 0.206 e. The van der Waals surface area contributed by atoms with Crippen LogP contribution in [0.2, 0.25) is 0 Å². The quantitative estimate of drug-likeness (QED) is 0.518. The fraction of sp³-hybridized carbons (Fsp3) is 0.455. The van der Waals surface area contributed by atoms with Crippen LogP contribution < -0.4 is 10.5 Å². The molecule has 1 rings (SSSR count). The van der Waals surface area contributed by atoms with Gasteiger partial charge in [0.2, 0.25) is 29.1 Å². The second kappa shape index (κ2) is 5.09. The summed E-state index contributed by atoms with van der Waals surface area (Å²) in [5.74, 6) is -11.5. The summed E-state index contributed by atoms with van der Waals surface area (Å²) in [5, 5.41) is 0. The number of nitrogens with two attached hydrogens (primary N) is 1. The van der Waals surface area contributed by atoms with E-state index in [1.807, 2.05) is 0 Å². The Morgan fingerprint density at radius 3 is 1.67 bits per heavy atom. The molecule has 0 aliphatic heterocycles. The van der Waals surface area contributed by atoms with Crippen molar-refractivity contribution >= 4 is 0 Å². The van der Waals surface area contributed by atoms with Crippen molar-refractivity contribution < 1.29 is 26.7 Å². The van der Waals surface area contributed by atoms with Gasteiger partial charge in [0.15, 0.2) is 5.75 Å². The van der Waals surface area contributed by atoms with Crippen molar-refractivity contribution in [2.45, 2.75) is 13.8 Å². The van der Waals surface area contributed by atoms with E-state index in [1.54, 1.807) is 13.8 Å². The van der Waals surface area contributed by atoms with Gasteiger partial charge in [-0.1, -0.05) is 13.8 Å². The lowest BCUT2D eigenvalue weighted by atomic mass is 9.95. The van der Waals surface area contributed by atoms with Crippen LogP contribution in [0.25, 0.3) is 0 Å². The second-order valence-corrected chi connectivity index (χ2v) is 4.56. The molecule has 0 atom stereocenters. The van der Waals surface area contributed by atoms with Crippen LogP contribution in [0.1, 0.15) is 13.8 Å². The number of benzene rings is 1. The Bertz CT molecular complexity index is 432. The Labute approximate surface area is 101 Å². The van der Waals surface area contributed by atoms with E-state index >= 15 is 0 Å². The minimum Gasteiger partial charge on any atom is -0.487 e. The molecule has 7 heteroatoms. The van der Waals surface area contributed by atoms with E-state index in [-0.39, 0.29) is 13.2 Å². The molecule has 0 heterocycles. The van der Waals surface area contributed by atoms with Crippen molar-refractivity contribution in [3.05, 3.63) is 29.1 Å². The van der Waals surface area contributed by atoms with E-state index in [4.69, 9.17) is 5.73 Å². The Morgan fingerprint density at radius 1 is 0.889 bits per heavy atom. The van der Waals surface area contributed by atoms with Gasteiger partial charge >= 0.3 is 0 Å². The average molecular weight is 269 g/mol. The Kier molecular flexibility index (Phi) is 4.16. The van der Waals surface area contributed by atoms with E-state index in [2.05, 4.69) is 4.74 Å². The lowest BCUT2D eigenvalue weighted by Gasteiger charge is -2.22. The zero-order valence-electron chi connectivity index (χ0n) is 9.79. The minimum atomic E-state index is -2.21. The number of halogens is 5. The summed E-state index contributed by atoms with van der Waals surface area (Å²) in [7, 11) is 0. The lowest BCUT2D eigenvalue weighted by molar-refractivity contribution is 0.168. The first-order valence-electron chi connectivity index (χ1n) is 5.05. The van der Waals surface area contributed by atoms with Crippen molar-refractivity contribution in [1.29, 1.82) is 0 Å². The third-order valence-corrected chi connectivity index (χ3v) is 2.33. The Hall–Kier alpha value is -1.37. The summed E-state index contributed by atoms with van der Waals surface area (Å²) in [4.78, 5) is 0. The van der Waals surface area contributed by atoms with Gasteiger partial charge in [-0.25, -0.2) is 13.2 Å². The summed E-state index contributed by atoms with van der Waals surface area (Å²) in [5.41, 5.74) is 4.70. The summed E-state index contributed by atoms with van der Waals surface area (Å²) < 4.78 is 69.5. The van der Waals surface area contributed by atoms with Crippen molar-refractivity contribution in [3.8, 4) is 5.75 Å². The third kappa shape index (κ3) is 2.72. The predicted molar refractivity (Wildman–Crippen MR) is 54.6 cm³/mol. The highest BCUT2D eigenvalue weighted by Crippen LogP contribution is 2.30. The SMILES string of the molecule is CC(C)(CN)COc1c(F)c(F)c(F)c(F)c1F. The van der Waals surface area contributed by atoms with Crippen LogP contribution in [0, 0.1) is 34.5 Å². The molecule has 102 valence electrons. The molecule has 18 heavy (non-hydrogen) atoms. The van der Waals surface area contributed by atoms with E-state index in [0.29, 0.717) is 0 Å². The Balaban J connectivity index is 3.11. The van der Waals surface area contributed by atoms with Gasteiger partial charge in [-0.3, -0.25) is 0 Å². The molecule has 0 spiro atoms. The Morgan fingerprint density at radius 2 is 1.28 bits per heavy atom. The van der Waals surface area contributed by atoms with E-state index < -0.39 is 40.3 Å². The number of ether oxygens (including phenoxy) is 1. The van der Waals surface area contributed by atoms with Crippen LogP contribution >= 0.6 is 0 Å². The van der Waals surface area contributed by atoms with Crippen LogP contribution in [0.3, 0.4) is 0 Å². The molecular weight excluding hydrogens is 257 g/mol. The summed E-state index contributed by atoms with van der Waals surface area (Å²) >= 11 is 0. The van der Waals surface area contributed by atoms with E-state index in [1.165, 1.54) is 0 Å². The van der Waals surface area contributed by atoms with Gasteiger partial charge in [0.25, 0.3) is 0 Å². The van der Waals surface area contributed by atoms with Gasteiger partial charge in [-0.2, -0.15) is 8.78 Å². The molecule has 2 nitrogen and oxygen atoms in total. The maximum atomic E-state index is 13.2. The maximum absolute atomic E-state index is 13.2. The first-order valence-corrected chi connectivity index (χ1v) is 5.05. The number of hydrogen-bond donors (Lipinski definition) is 1. The molecule has 0 aliphatic rings. The average Bonchev–Trinajstić information content (AvgIpc) is 2.34. The molecule has 0 aromatic heterocycles. The molecule has 0 saturated carbocycles. The van der Waals surface area contributed by atoms with Crippen molar-refractivity contribution in [3.63, 3.8) is 0 Å². The summed E-state index contributed by atoms with van der Waals surface area (Å²) in [6, 6.07) is 0. The standard InChI is InChI=1S/C11H12F5NO/c1-11(2,3-17)4-18-10-8(15)6(13)5(12)7(14)9(10)16/h3-4,17H2,1-2H3. The van der Waals surface area contributed by atoms with Crippen LogP contribution in [0.4, 0.5) is 22.0 Å². The third-order valence-electron chi connectivity index (χ3n) is 2.33. The second-order valence-electron chi connectivity index (χ2n) is 4.56. The lowest BCUT2D eigenvalue weighted by Crippen LogP contribution is -2.30. The summed E-state index contributed by atoms with van der Waals surface area (Å²) in [6.07, 6.45) is 0. The van der Waals surface area contributed by atoms with Gasteiger partial charge in [-0.05, 0) is 0 Å². The molecule has 1 aromatic carbocycles. The van der Waals surface area contributed by atoms with Crippen LogP contribution in [0.15, 0.2) is 0 Å². The molecule has 2 N–H and O–H groups in total. The fourth-order valence-corrected chi connectivity index (χ4v) is 1.04. The predicted octanol–water partition coefficient (Wildman–Crippen LogP) is 2.75. The van der Waals surface area contributed by atoms with E-state index in [9.17, 15) is 22.0 Å². The van der Waals surface area contributed by atoms with Crippen LogP contribution in [-0.4, -0.2) is 13.2 Å².